The average molecular weight is 354 g/mol. The molecule has 2 aromatic rings. The number of likely N-dealkylation sites (tertiary alicyclic amines) is 1. The number of hydrogen-bond acceptors (Lipinski definition) is 4. The molecule has 8 heteroatoms. The zero-order chi connectivity index (χ0) is 17.9. The lowest BCUT2D eigenvalue weighted by molar-refractivity contribution is -0.137. The van der Waals surface area contributed by atoms with E-state index in [1.165, 1.54) is 6.07 Å². The predicted octanol–water partition coefficient (Wildman–Crippen LogP) is 3.36. The Labute approximate surface area is 144 Å². The van der Waals surface area contributed by atoms with Gasteiger partial charge in [-0.3, -0.25) is 4.90 Å². The Hall–Kier alpha value is -2.09. The molecule has 0 radical (unpaired) electrons. The molecule has 0 bridgehead atoms. The minimum atomic E-state index is -4.35. The number of aryl methyl sites for hydroxylation is 1. The van der Waals surface area contributed by atoms with E-state index in [0.717, 1.165) is 57.0 Å². The molecule has 0 amide bonds. The minimum absolute atomic E-state index is 0.0659. The Kier molecular flexibility index (Phi) is 5.27. The maximum atomic E-state index is 12.8. The Bertz CT molecular complexity index is 693. The SMILES string of the molecule is CCn1ncnc1CN1CCC(Oc2cccc(C(F)(F)F)c2)CC1. The van der Waals surface area contributed by atoms with Gasteiger partial charge < -0.3 is 4.74 Å². The van der Waals surface area contributed by atoms with Crippen molar-refractivity contribution >= 4 is 0 Å². The molecule has 0 N–H and O–H groups in total. The number of hydrogen-bond donors (Lipinski definition) is 0. The predicted molar refractivity (Wildman–Crippen MR) is 86.1 cm³/mol. The molecule has 1 aliphatic rings. The molecule has 0 spiro atoms. The van der Waals surface area contributed by atoms with Crippen molar-refractivity contribution in [2.24, 2.45) is 0 Å². The summed E-state index contributed by atoms with van der Waals surface area (Å²) in [7, 11) is 0. The number of halogens is 3. The van der Waals surface area contributed by atoms with Gasteiger partial charge in [-0.2, -0.15) is 18.3 Å². The average Bonchev–Trinajstić information content (AvgIpc) is 3.03. The highest BCUT2D eigenvalue weighted by molar-refractivity contribution is 5.30. The van der Waals surface area contributed by atoms with Crippen LogP contribution in [0.25, 0.3) is 0 Å². The second-order valence-corrected chi connectivity index (χ2v) is 6.11. The first-order valence-electron chi connectivity index (χ1n) is 8.38. The van der Waals surface area contributed by atoms with E-state index < -0.39 is 11.7 Å². The monoisotopic (exact) mass is 354 g/mol. The summed E-state index contributed by atoms with van der Waals surface area (Å²) in [5, 5.41) is 4.16. The van der Waals surface area contributed by atoms with Crippen LogP contribution >= 0.6 is 0 Å². The van der Waals surface area contributed by atoms with Crippen LogP contribution in [-0.2, 0) is 19.3 Å². The van der Waals surface area contributed by atoms with Gasteiger partial charge >= 0.3 is 6.18 Å². The molecular weight excluding hydrogens is 333 g/mol. The van der Waals surface area contributed by atoms with E-state index in [1.807, 2.05) is 11.6 Å². The van der Waals surface area contributed by atoms with E-state index in [0.29, 0.717) is 0 Å². The summed E-state index contributed by atoms with van der Waals surface area (Å²) in [6, 6.07) is 5.08. The molecule has 1 aromatic heterocycles. The molecule has 0 saturated carbocycles. The molecule has 25 heavy (non-hydrogen) atoms. The van der Waals surface area contributed by atoms with Crippen molar-refractivity contribution in [3.63, 3.8) is 0 Å². The van der Waals surface area contributed by atoms with Crippen molar-refractivity contribution in [1.29, 1.82) is 0 Å². The molecule has 5 nitrogen and oxygen atoms in total. The molecule has 3 rings (SSSR count). The van der Waals surface area contributed by atoms with E-state index in [4.69, 9.17) is 4.74 Å². The number of nitrogens with zero attached hydrogens (tertiary/aromatic N) is 4. The first-order valence-corrected chi connectivity index (χ1v) is 8.38. The molecular formula is C17H21F3N4O. The molecule has 136 valence electrons. The smallest absolute Gasteiger partial charge is 0.416 e. The lowest BCUT2D eigenvalue weighted by Crippen LogP contribution is -2.38. The number of alkyl halides is 3. The second-order valence-electron chi connectivity index (χ2n) is 6.11. The third-order valence-electron chi connectivity index (χ3n) is 4.36. The van der Waals surface area contributed by atoms with Gasteiger partial charge in [0.1, 0.15) is 24.0 Å². The fraction of sp³-hybridized carbons (Fsp3) is 0.529. The maximum absolute atomic E-state index is 12.8. The highest BCUT2D eigenvalue weighted by Crippen LogP contribution is 2.32. The van der Waals surface area contributed by atoms with Crippen molar-refractivity contribution in [2.45, 2.75) is 45.1 Å². The molecule has 0 aliphatic carbocycles. The van der Waals surface area contributed by atoms with Gasteiger partial charge in [-0.05, 0) is 38.0 Å². The molecule has 1 aromatic carbocycles. The van der Waals surface area contributed by atoms with E-state index in [-0.39, 0.29) is 11.9 Å². The molecule has 1 aliphatic heterocycles. The fourth-order valence-electron chi connectivity index (χ4n) is 3.00. The number of ether oxygens (including phenoxy) is 1. The first-order chi connectivity index (χ1) is 12.0. The summed E-state index contributed by atoms with van der Waals surface area (Å²) in [5.74, 6) is 1.21. The Balaban J connectivity index is 1.53. The van der Waals surface area contributed by atoms with Gasteiger partial charge in [-0.25, -0.2) is 9.67 Å². The quantitative estimate of drug-likeness (QED) is 0.826. The molecule has 0 atom stereocenters. The highest BCUT2D eigenvalue weighted by Gasteiger charge is 2.31. The van der Waals surface area contributed by atoms with Crippen molar-refractivity contribution in [3.8, 4) is 5.75 Å². The summed E-state index contributed by atoms with van der Waals surface area (Å²) in [4.78, 5) is 6.54. The van der Waals surface area contributed by atoms with Gasteiger partial charge in [0, 0.05) is 19.6 Å². The van der Waals surface area contributed by atoms with E-state index >= 15 is 0 Å². The zero-order valence-electron chi connectivity index (χ0n) is 14.0. The Morgan fingerprint density at radius 3 is 2.68 bits per heavy atom. The van der Waals surface area contributed by atoms with Crippen LogP contribution in [0, 0.1) is 0 Å². The number of piperidine rings is 1. The standard InChI is InChI=1S/C17H21F3N4O/c1-2-24-16(21-12-22-24)11-23-8-6-14(7-9-23)25-15-5-3-4-13(10-15)17(18,19)20/h3-5,10,12,14H,2,6-9,11H2,1H3. The van der Waals surface area contributed by atoms with Gasteiger partial charge in [-0.15, -0.1) is 0 Å². The van der Waals surface area contributed by atoms with Crippen LogP contribution in [0.4, 0.5) is 13.2 Å². The zero-order valence-corrected chi connectivity index (χ0v) is 14.0. The topological polar surface area (TPSA) is 43.2 Å². The normalized spacial score (nSPS) is 17.0. The van der Waals surface area contributed by atoms with Crippen molar-refractivity contribution in [3.05, 3.63) is 42.0 Å². The van der Waals surface area contributed by atoms with Crippen LogP contribution in [0.2, 0.25) is 0 Å². The summed E-state index contributed by atoms with van der Waals surface area (Å²) in [6.45, 7) is 5.17. The van der Waals surface area contributed by atoms with E-state index in [9.17, 15) is 13.2 Å². The summed E-state index contributed by atoms with van der Waals surface area (Å²) < 4.78 is 45.9. The van der Waals surface area contributed by atoms with Gasteiger partial charge in [0.2, 0.25) is 0 Å². The van der Waals surface area contributed by atoms with Gasteiger partial charge in [0.05, 0.1) is 12.1 Å². The number of benzene rings is 1. The van der Waals surface area contributed by atoms with Gasteiger partial charge in [-0.1, -0.05) is 6.07 Å². The van der Waals surface area contributed by atoms with Crippen LogP contribution in [0.1, 0.15) is 31.2 Å². The first kappa shape index (κ1) is 17.7. The maximum Gasteiger partial charge on any atom is 0.416 e. The Morgan fingerprint density at radius 1 is 1.24 bits per heavy atom. The second kappa shape index (κ2) is 7.43. The third kappa shape index (κ3) is 4.50. The molecule has 0 unspecified atom stereocenters. The van der Waals surface area contributed by atoms with Crippen molar-refractivity contribution in [1.82, 2.24) is 19.7 Å². The molecule has 2 heterocycles. The van der Waals surface area contributed by atoms with Crippen LogP contribution in [-0.4, -0.2) is 38.9 Å². The fourth-order valence-corrected chi connectivity index (χ4v) is 3.00. The van der Waals surface area contributed by atoms with Crippen LogP contribution in [0.15, 0.2) is 30.6 Å². The van der Waals surface area contributed by atoms with Crippen LogP contribution in [0.3, 0.4) is 0 Å². The van der Waals surface area contributed by atoms with Gasteiger partial charge in [0.25, 0.3) is 0 Å². The van der Waals surface area contributed by atoms with Crippen LogP contribution in [0.5, 0.6) is 5.75 Å². The van der Waals surface area contributed by atoms with Crippen LogP contribution < -0.4 is 4.74 Å². The largest absolute Gasteiger partial charge is 0.490 e. The minimum Gasteiger partial charge on any atom is -0.490 e. The summed E-state index contributed by atoms with van der Waals surface area (Å²) in [5.41, 5.74) is -0.679. The number of rotatable bonds is 5. The van der Waals surface area contributed by atoms with Crippen molar-refractivity contribution in [2.75, 3.05) is 13.1 Å². The molecule has 1 saturated heterocycles. The molecule has 1 fully saturated rings. The van der Waals surface area contributed by atoms with E-state index in [1.54, 1.807) is 12.4 Å². The Morgan fingerprint density at radius 2 is 2.00 bits per heavy atom. The third-order valence-corrected chi connectivity index (χ3v) is 4.36. The van der Waals surface area contributed by atoms with Crippen molar-refractivity contribution < 1.29 is 17.9 Å². The summed E-state index contributed by atoms with van der Waals surface area (Å²) >= 11 is 0. The van der Waals surface area contributed by atoms with Gasteiger partial charge in [0.15, 0.2) is 0 Å². The number of aromatic nitrogens is 3. The lowest BCUT2D eigenvalue weighted by Gasteiger charge is -2.31. The lowest BCUT2D eigenvalue weighted by atomic mass is 10.1. The highest BCUT2D eigenvalue weighted by atomic mass is 19.4. The van der Waals surface area contributed by atoms with E-state index in [2.05, 4.69) is 15.0 Å². The summed E-state index contributed by atoms with van der Waals surface area (Å²) in [6.07, 6.45) is -1.31.